The molecule has 0 aliphatic heterocycles. The molecule has 1 aromatic carbocycles. The van der Waals surface area contributed by atoms with Gasteiger partial charge in [-0.25, -0.2) is 13.6 Å². The van der Waals surface area contributed by atoms with Gasteiger partial charge in [0.15, 0.2) is 0 Å². The van der Waals surface area contributed by atoms with Gasteiger partial charge in [-0.05, 0) is 12.1 Å². The first-order chi connectivity index (χ1) is 7.39. The fourth-order valence-electron chi connectivity index (χ4n) is 1.28. The van der Waals surface area contributed by atoms with Gasteiger partial charge < -0.3 is 4.74 Å². The first-order valence-corrected chi connectivity index (χ1v) is 4.96. The van der Waals surface area contributed by atoms with Crippen LogP contribution in [0.25, 0.3) is 0 Å². The molecular formula is C12H14F2O2. The Bertz CT molecular complexity index is 369. The highest BCUT2D eigenvalue weighted by Crippen LogP contribution is 2.35. The average molecular weight is 228 g/mol. The molecule has 16 heavy (non-hydrogen) atoms. The lowest BCUT2D eigenvalue weighted by Gasteiger charge is -2.20. The van der Waals surface area contributed by atoms with E-state index in [0.717, 1.165) is 0 Å². The fourth-order valence-corrected chi connectivity index (χ4v) is 1.28. The Kier molecular flexibility index (Phi) is 3.62. The summed E-state index contributed by atoms with van der Waals surface area (Å²) in [7, 11) is 1.25. The van der Waals surface area contributed by atoms with Gasteiger partial charge in [0.25, 0.3) is 5.92 Å². The van der Waals surface area contributed by atoms with Crippen LogP contribution >= 0.6 is 0 Å². The molecule has 0 aliphatic carbocycles. The van der Waals surface area contributed by atoms with Crippen molar-refractivity contribution in [1.82, 2.24) is 0 Å². The second-order valence-electron chi connectivity index (χ2n) is 3.85. The second kappa shape index (κ2) is 4.60. The highest BCUT2D eigenvalue weighted by Gasteiger charge is 2.35. The summed E-state index contributed by atoms with van der Waals surface area (Å²) in [5.41, 5.74) is 0.181. The van der Waals surface area contributed by atoms with Gasteiger partial charge >= 0.3 is 5.97 Å². The van der Waals surface area contributed by atoms with Gasteiger partial charge in [0.2, 0.25) is 0 Å². The first kappa shape index (κ1) is 12.6. The van der Waals surface area contributed by atoms with Crippen molar-refractivity contribution < 1.29 is 18.3 Å². The van der Waals surface area contributed by atoms with Gasteiger partial charge in [-0.1, -0.05) is 26.0 Å². The number of hydrogen-bond acceptors (Lipinski definition) is 2. The van der Waals surface area contributed by atoms with Crippen LogP contribution in [0, 0.1) is 5.92 Å². The minimum absolute atomic E-state index is 0.0878. The third-order valence-electron chi connectivity index (χ3n) is 2.42. The summed E-state index contributed by atoms with van der Waals surface area (Å²) in [4.78, 5) is 11.1. The monoisotopic (exact) mass is 228 g/mol. The molecule has 0 atom stereocenters. The number of hydrogen-bond donors (Lipinski definition) is 0. The fraction of sp³-hybridized carbons (Fsp3) is 0.417. The topological polar surface area (TPSA) is 26.3 Å². The molecular weight excluding hydrogens is 214 g/mol. The maximum atomic E-state index is 13.6. The van der Waals surface area contributed by atoms with Crippen LogP contribution in [-0.2, 0) is 10.7 Å². The Morgan fingerprint density at radius 3 is 2.12 bits per heavy atom. The van der Waals surface area contributed by atoms with Gasteiger partial charge in [0, 0.05) is 11.5 Å². The van der Waals surface area contributed by atoms with Crippen LogP contribution in [0.15, 0.2) is 24.3 Å². The molecule has 0 saturated carbocycles. The van der Waals surface area contributed by atoms with E-state index in [1.807, 2.05) is 0 Å². The molecule has 88 valence electrons. The van der Waals surface area contributed by atoms with Crippen LogP contribution in [0.3, 0.4) is 0 Å². The highest BCUT2D eigenvalue weighted by atomic mass is 19.3. The van der Waals surface area contributed by atoms with Crippen molar-refractivity contribution in [2.45, 2.75) is 19.8 Å². The summed E-state index contributed by atoms with van der Waals surface area (Å²) in [5, 5.41) is 0. The van der Waals surface area contributed by atoms with Crippen LogP contribution < -0.4 is 0 Å². The Hall–Kier alpha value is -1.45. The Balaban J connectivity index is 2.99. The summed E-state index contributed by atoms with van der Waals surface area (Å²) in [6.45, 7) is 2.91. The van der Waals surface area contributed by atoms with Crippen molar-refractivity contribution >= 4 is 5.97 Å². The number of carbonyl (C=O) groups is 1. The number of rotatable bonds is 3. The largest absolute Gasteiger partial charge is 0.465 e. The van der Waals surface area contributed by atoms with Crippen LogP contribution in [0.1, 0.15) is 29.8 Å². The Morgan fingerprint density at radius 1 is 1.25 bits per heavy atom. The molecule has 2 nitrogen and oxygen atoms in total. The third-order valence-corrected chi connectivity index (χ3v) is 2.42. The van der Waals surface area contributed by atoms with E-state index in [2.05, 4.69) is 4.74 Å². The molecule has 0 N–H and O–H groups in total. The molecule has 0 spiro atoms. The summed E-state index contributed by atoms with van der Waals surface area (Å²) in [5.74, 6) is -4.19. The van der Waals surface area contributed by atoms with E-state index >= 15 is 0 Å². The zero-order chi connectivity index (χ0) is 12.3. The molecule has 0 aromatic heterocycles. The van der Waals surface area contributed by atoms with Gasteiger partial charge in [-0.3, -0.25) is 0 Å². The zero-order valence-corrected chi connectivity index (χ0v) is 9.46. The smallest absolute Gasteiger partial charge is 0.337 e. The number of ether oxygens (including phenoxy) is 1. The van der Waals surface area contributed by atoms with E-state index < -0.39 is 17.8 Å². The third kappa shape index (κ3) is 2.38. The molecule has 4 heteroatoms. The lowest BCUT2D eigenvalue weighted by atomic mass is 9.97. The lowest BCUT2D eigenvalue weighted by Crippen LogP contribution is -2.20. The Morgan fingerprint density at radius 2 is 1.75 bits per heavy atom. The normalized spacial score (nSPS) is 11.6. The van der Waals surface area contributed by atoms with Crippen molar-refractivity contribution in [2.75, 3.05) is 7.11 Å². The van der Waals surface area contributed by atoms with Crippen LogP contribution in [0.5, 0.6) is 0 Å². The summed E-state index contributed by atoms with van der Waals surface area (Å²) < 4.78 is 31.6. The zero-order valence-electron chi connectivity index (χ0n) is 9.46. The number of benzene rings is 1. The SMILES string of the molecule is COC(=O)c1ccc(C(F)(F)C(C)C)cc1. The maximum absolute atomic E-state index is 13.6. The van der Waals surface area contributed by atoms with Crippen molar-refractivity contribution in [1.29, 1.82) is 0 Å². The van der Waals surface area contributed by atoms with E-state index in [1.54, 1.807) is 0 Å². The van der Waals surface area contributed by atoms with Crippen LogP contribution in [0.4, 0.5) is 8.78 Å². The van der Waals surface area contributed by atoms with E-state index in [-0.39, 0.29) is 11.1 Å². The molecule has 0 saturated heterocycles. The molecule has 0 amide bonds. The number of alkyl halides is 2. The molecule has 0 aliphatic rings. The van der Waals surface area contributed by atoms with E-state index in [0.29, 0.717) is 0 Å². The molecule has 0 unspecified atom stereocenters. The summed E-state index contributed by atoms with van der Waals surface area (Å²) in [6.07, 6.45) is 0. The van der Waals surface area contributed by atoms with E-state index in [9.17, 15) is 13.6 Å². The maximum Gasteiger partial charge on any atom is 0.337 e. The highest BCUT2D eigenvalue weighted by molar-refractivity contribution is 5.89. The summed E-state index contributed by atoms with van der Waals surface area (Å²) in [6, 6.07) is 5.20. The van der Waals surface area contributed by atoms with Crippen molar-refractivity contribution in [3.05, 3.63) is 35.4 Å². The number of esters is 1. The molecule has 0 heterocycles. The molecule has 0 bridgehead atoms. The second-order valence-corrected chi connectivity index (χ2v) is 3.85. The quantitative estimate of drug-likeness (QED) is 0.742. The Labute approximate surface area is 93.2 Å². The van der Waals surface area contributed by atoms with Crippen LogP contribution in [0.2, 0.25) is 0 Å². The molecule has 1 rings (SSSR count). The van der Waals surface area contributed by atoms with E-state index in [4.69, 9.17) is 0 Å². The average Bonchev–Trinajstić information content (AvgIpc) is 2.28. The lowest BCUT2D eigenvalue weighted by molar-refractivity contribution is -0.0514. The van der Waals surface area contributed by atoms with Crippen molar-refractivity contribution in [3.63, 3.8) is 0 Å². The number of methoxy groups -OCH3 is 1. The van der Waals surface area contributed by atoms with Gasteiger partial charge in [-0.2, -0.15) is 0 Å². The van der Waals surface area contributed by atoms with Crippen molar-refractivity contribution in [2.24, 2.45) is 5.92 Å². The number of halogens is 2. The van der Waals surface area contributed by atoms with Gasteiger partial charge in [0.05, 0.1) is 12.7 Å². The molecule has 0 fully saturated rings. The summed E-state index contributed by atoms with van der Waals surface area (Å²) >= 11 is 0. The van der Waals surface area contributed by atoms with Gasteiger partial charge in [-0.15, -0.1) is 0 Å². The number of carbonyl (C=O) groups excluding carboxylic acids is 1. The first-order valence-electron chi connectivity index (χ1n) is 4.96. The molecule has 0 radical (unpaired) electrons. The predicted octanol–water partition coefficient (Wildman–Crippen LogP) is 3.22. The van der Waals surface area contributed by atoms with E-state index in [1.165, 1.54) is 45.2 Å². The standard InChI is InChI=1S/C12H14F2O2/c1-8(2)12(13,14)10-6-4-9(5-7-10)11(15)16-3/h4-8H,1-3H3. The van der Waals surface area contributed by atoms with Gasteiger partial charge in [0.1, 0.15) is 0 Å². The minimum Gasteiger partial charge on any atom is -0.465 e. The molecule has 1 aromatic rings. The minimum atomic E-state index is -2.88. The van der Waals surface area contributed by atoms with Crippen molar-refractivity contribution in [3.8, 4) is 0 Å². The van der Waals surface area contributed by atoms with Crippen LogP contribution in [-0.4, -0.2) is 13.1 Å². The predicted molar refractivity (Wildman–Crippen MR) is 56.5 cm³/mol.